The van der Waals surface area contributed by atoms with Gasteiger partial charge < -0.3 is 10.2 Å². The largest absolute Gasteiger partial charge is 0.340 e. The van der Waals surface area contributed by atoms with Crippen molar-refractivity contribution in [2.45, 2.75) is 19.8 Å². The lowest BCUT2D eigenvalue weighted by Gasteiger charge is -2.34. The third-order valence-electron chi connectivity index (χ3n) is 4.44. The number of piperazine rings is 1. The van der Waals surface area contributed by atoms with Crippen molar-refractivity contribution in [1.29, 1.82) is 0 Å². The van der Waals surface area contributed by atoms with Crippen LogP contribution in [0.3, 0.4) is 0 Å². The van der Waals surface area contributed by atoms with E-state index in [1.807, 2.05) is 30.0 Å². The van der Waals surface area contributed by atoms with Crippen LogP contribution in [0.1, 0.15) is 18.4 Å². The molecule has 0 spiro atoms. The lowest BCUT2D eigenvalue weighted by Crippen LogP contribution is -2.50. The number of halogens is 1. The van der Waals surface area contributed by atoms with E-state index in [4.69, 9.17) is 0 Å². The molecule has 2 fully saturated rings. The van der Waals surface area contributed by atoms with Crippen LogP contribution in [0, 0.1) is 12.8 Å². The Morgan fingerprint density at radius 3 is 2.52 bits per heavy atom. The predicted molar refractivity (Wildman–Crippen MR) is 93.3 cm³/mol. The van der Waals surface area contributed by atoms with E-state index in [9.17, 15) is 9.59 Å². The molecule has 1 aliphatic carbocycles. The Morgan fingerprint density at radius 1 is 1.22 bits per heavy atom. The lowest BCUT2D eigenvalue weighted by atomic mass is 10.2. The number of hydrogen-bond donors (Lipinski definition) is 1. The molecule has 1 aromatic rings. The van der Waals surface area contributed by atoms with E-state index < -0.39 is 0 Å². The third kappa shape index (κ3) is 4.32. The highest BCUT2D eigenvalue weighted by molar-refractivity contribution is 9.10. The molecule has 2 aliphatic rings. The van der Waals surface area contributed by atoms with Crippen LogP contribution >= 0.6 is 15.9 Å². The average molecular weight is 380 g/mol. The van der Waals surface area contributed by atoms with Gasteiger partial charge in [-0.05, 0) is 43.5 Å². The molecule has 0 unspecified atom stereocenters. The van der Waals surface area contributed by atoms with Crippen molar-refractivity contribution in [1.82, 2.24) is 9.80 Å². The maximum Gasteiger partial charge on any atom is 0.238 e. The molecular formula is C17H22BrN3O2. The summed E-state index contributed by atoms with van der Waals surface area (Å²) in [5.41, 5.74) is 1.88. The van der Waals surface area contributed by atoms with Crippen LogP contribution in [0.25, 0.3) is 0 Å². The third-order valence-corrected chi connectivity index (χ3v) is 4.93. The Hall–Kier alpha value is -1.40. The fourth-order valence-electron chi connectivity index (χ4n) is 2.88. The minimum absolute atomic E-state index is 0.00241. The summed E-state index contributed by atoms with van der Waals surface area (Å²) in [6.07, 6.45) is 2.10. The number of hydrogen-bond acceptors (Lipinski definition) is 3. The monoisotopic (exact) mass is 379 g/mol. The predicted octanol–water partition coefficient (Wildman–Crippen LogP) is 2.25. The smallest absolute Gasteiger partial charge is 0.238 e. The minimum Gasteiger partial charge on any atom is -0.340 e. The first-order valence-corrected chi connectivity index (χ1v) is 8.89. The summed E-state index contributed by atoms with van der Waals surface area (Å²) in [4.78, 5) is 28.3. The fraction of sp³-hybridized carbons (Fsp3) is 0.529. The van der Waals surface area contributed by atoms with Gasteiger partial charge in [-0.25, -0.2) is 0 Å². The van der Waals surface area contributed by atoms with E-state index in [1.165, 1.54) is 0 Å². The Bertz CT molecular complexity index is 608. The van der Waals surface area contributed by atoms with Gasteiger partial charge in [0.15, 0.2) is 0 Å². The number of benzene rings is 1. The second-order valence-electron chi connectivity index (χ2n) is 6.38. The second kappa shape index (κ2) is 7.01. The van der Waals surface area contributed by atoms with Gasteiger partial charge in [-0.15, -0.1) is 0 Å². The van der Waals surface area contributed by atoms with Crippen molar-refractivity contribution in [2.75, 3.05) is 38.0 Å². The van der Waals surface area contributed by atoms with Gasteiger partial charge in [0, 0.05) is 42.3 Å². The summed E-state index contributed by atoms with van der Waals surface area (Å²) >= 11 is 3.42. The van der Waals surface area contributed by atoms with Crippen molar-refractivity contribution in [3.63, 3.8) is 0 Å². The maximum atomic E-state index is 12.2. The van der Waals surface area contributed by atoms with Crippen molar-refractivity contribution >= 4 is 33.4 Å². The van der Waals surface area contributed by atoms with Gasteiger partial charge in [-0.2, -0.15) is 0 Å². The molecule has 2 amide bonds. The number of rotatable bonds is 4. The van der Waals surface area contributed by atoms with Crippen LogP contribution in [0.2, 0.25) is 0 Å². The Labute approximate surface area is 145 Å². The molecule has 1 N–H and O–H groups in total. The SMILES string of the molecule is Cc1cc(Br)ccc1NC(=O)CN1CCN(C(=O)C2CC2)CC1. The average Bonchev–Trinajstić information content (AvgIpc) is 3.35. The number of nitrogens with one attached hydrogen (secondary N) is 1. The number of aryl methyl sites for hydroxylation is 1. The first-order valence-electron chi connectivity index (χ1n) is 8.10. The van der Waals surface area contributed by atoms with Gasteiger partial charge in [0.2, 0.25) is 11.8 Å². The highest BCUT2D eigenvalue weighted by Gasteiger charge is 2.34. The maximum absolute atomic E-state index is 12.2. The zero-order valence-electron chi connectivity index (χ0n) is 13.3. The van der Waals surface area contributed by atoms with Crippen LogP contribution in [-0.2, 0) is 9.59 Å². The van der Waals surface area contributed by atoms with E-state index >= 15 is 0 Å². The highest BCUT2D eigenvalue weighted by atomic mass is 79.9. The van der Waals surface area contributed by atoms with Crippen molar-refractivity contribution in [3.05, 3.63) is 28.2 Å². The topological polar surface area (TPSA) is 52.7 Å². The first kappa shape index (κ1) is 16.5. The summed E-state index contributed by atoms with van der Waals surface area (Å²) < 4.78 is 1.00. The highest BCUT2D eigenvalue weighted by Crippen LogP contribution is 2.31. The Kier molecular flexibility index (Phi) is 5.02. The molecule has 1 aromatic carbocycles. The normalized spacial score (nSPS) is 18.8. The lowest BCUT2D eigenvalue weighted by molar-refractivity contribution is -0.134. The number of carbonyl (C=O) groups excluding carboxylic acids is 2. The van der Waals surface area contributed by atoms with E-state index in [0.29, 0.717) is 12.5 Å². The van der Waals surface area contributed by atoms with Crippen molar-refractivity contribution in [2.24, 2.45) is 5.92 Å². The molecule has 0 radical (unpaired) electrons. The minimum atomic E-state index is -0.00241. The summed E-state index contributed by atoms with van der Waals surface area (Å²) in [5.74, 6) is 0.585. The summed E-state index contributed by atoms with van der Waals surface area (Å²) in [6.45, 7) is 5.36. The van der Waals surface area contributed by atoms with Gasteiger partial charge in [-0.1, -0.05) is 15.9 Å². The molecule has 1 saturated heterocycles. The van der Waals surface area contributed by atoms with Gasteiger partial charge in [-0.3, -0.25) is 14.5 Å². The first-order chi connectivity index (χ1) is 11.0. The van der Waals surface area contributed by atoms with Crippen LogP contribution < -0.4 is 5.32 Å². The summed E-state index contributed by atoms with van der Waals surface area (Å²) in [7, 11) is 0. The fourth-order valence-corrected chi connectivity index (χ4v) is 3.35. The number of amides is 2. The number of nitrogens with zero attached hydrogens (tertiary/aromatic N) is 2. The molecular weight excluding hydrogens is 358 g/mol. The zero-order chi connectivity index (χ0) is 16.4. The Balaban J connectivity index is 1.46. The number of carbonyl (C=O) groups is 2. The zero-order valence-corrected chi connectivity index (χ0v) is 14.9. The van der Waals surface area contributed by atoms with E-state index in [1.54, 1.807) is 0 Å². The molecule has 1 aliphatic heterocycles. The quantitative estimate of drug-likeness (QED) is 0.872. The van der Waals surface area contributed by atoms with E-state index in [-0.39, 0.29) is 11.8 Å². The molecule has 0 bridgehead atoms. The second-order valence-corrected chi connectivity index (χ2v) is 7.30. The van der Waals surface area contributed by atoms with Crippen LogP contribution in [0.4, 0.5) is 5.69 Å². The van der Waals surface area contributed by atoms with E-state index in [2.05, 4.69) is 26.1 Å². The van der Waals surface area contributed by atoms with Crippen molar-refractivity contribution < 1.29 is 9.59 Å². The molecule has 0 aromatic heterocycles. The van der Waals surface area contributed by atoms with Crippen LogP contribution in [-0.4, -0.2) is 54.3 Å². The van der Waals surface area contributed by atoms with E-state index in [0.717, 1.165) is 54.7 Å². The van der Waals surface area contributed by atoms with Gasteiger partial charge >= 0.3 is 0 Å². The molecule has 124 valence electrons. The molecule has 5 nitrogen and oxygen atoms in total. The van der Waals surface area contributed by atoms with Crippen LogP contribution in [0.15, 0.2) is 22.7 Å². The molecule has 23 heavy (non-hydrogen) atoms. The molecule has 1 heterocycles. The summed E-state index contributed by atoms with van der Waals surface area (Å²) in [5, 5.41) is 2.96. The molecule has 3 rings (SSSR count). The standard InChI is InChI=1S/C17H22BrN3O2/c1-12-10-14(18)4-5-15(12)19-16(22)11-20-6-8-21(9-7-20)17(23)13-2-3-13/h4-5,10,13H,2-3,6-9,11H2,1H3,(H,19,22). The van der Waals surface area contributed by atoms with Gasteiger partial charge in [0.25, 0.3) is 0 Å². The van der Waals surface area contributed by atoms with Gasteiger partial charge in [0.05, 0.1) is 6.54 Å². The van der Waals surface area contributed by atoms with Crippen LogP contribution in [0.5, 0.6) is 0 Å². The molecule has 6 heteroatoms. The van der Waals surface area contributed by atoms with Crippen molar-refractivity contribution in [3.8, 4) is 0 Å². The van der Waals surface area contributed by atoms with Gasteiger partial charge in [0.1, 0.15) is 0 Å². The molecule has 0 atom stereocenters. The number of anilines is 1. The summed E-state index contributed by atoms with van der Waals surface area (Å²) in [6, 6.07) is 5.81. The Morgan fingerprint density at radius 2 is 1.91 bits per heavy atom. The molecule has 1 saturated carbocycles.